The van der Waals surface area contributed by atoms with Gasteiger partial charge in [-0.3, -0.25) is 0 Å². The van der Waals surface area contributed by atoms with E-state index >= 15 is 0 Å². The first-order valence-electron chi connectivity index (χ1n) is 5.77. The second-order valence-corrected chi connectivity index (χ2v) is 6.53. The van der Waals surface area contributed by atoms with Crippen LogP contribution < -0.4 is 4.72 Å². The van der Waals surface area contributed by atoms with E-state index in [1.165, 1.54) is 35.9 Å². The Bertz CT molecular complexity index is 509. The molecular weight excluding hydrogens is 236 g/mol. The third-order valence-electron chi connectivity index (χ3n) is 3.10. The molecular formula is C12H18N2O2S. The fourth-order valence-electron chi connectivity index (χ4n) is 2.04. The Kier molecular flexibility index (Phi) is 3.51. The van der Waals surface area contributed by atoms with Gasteiger partial charge >= 0.3 is 0 Å². The second-order valence-electron chi connectivity index (χ2n) is 4.57. The summed E-state index contributed by atoms with van der Waals surface area (Å²) >= 11 is 0. The lowest BCUT2D eigenvalue weighted by atomic mass is 10.1. The van der Waals surface area contributed by atoms with E-state index < -0.39 is 10.2 Å². The van der Waals surface area contributed by atoms with Gasteiger partial charge in [-0.25, -0.2) is 0 Å². The summed E-state index contributed by atoms with van der Waals surface area (Å²) in [5.74, 6) is 0. The van der Waals surface area contributed by atoms with Crippen LogP contribution in [0.4, 0.5) is 0 Å². The molecule has 0 saturated heterocycles. The maximum Gasteiger partial charge on any atom is 0.279 e. The van der Waals surface area contributed by atoms with Gasteiger partial charge in [0.1, 0.15) is 0 Å². The zero-order valence-electron chi connectivity index (χ0n) is 10.2. The molecule has 0 atom stereocenters. The summed E-state index contributed by atoms with van der Waals surface area (Å²) in [6.07, 6.45) is 3.48. The minimum Gasteiger partial charge on any atom is -0.198 e. The lowest BCUT2D eigenvalue weighted by Crippen LogP contribution is -2.35. The number of aryl methyl sites for hydroxylation is 2. The van der Waals surface area contributed by atoms with Crippen molar-refractivity contribution in [2.45, 2.75) is 25.8 Å². The van der Waals surface area contributed by atoms with Crippen molar-refractivity contribution in [2.24, 2.45) is 0 Å². The molecule has 0 unspecified atom stereocenters. The summed E-state index contributed by atoms with van der Waals surface area (Å²) in [7, 11) is -0.289. The predicted molar refractivity (Wildman–Crippen MR) is 67.9 cm³/mol. The summed E-state index contributed by atoms with van der Waals surface area (Å²) < 4.78 is 26.8. The SMILES string of the molecule is CN(C)S(=O)(=O)NCc1ccc2c(c1)CCC2. The van der Waals surface area contributed by atoms with Crippen LogP contribution in [-0.2, 0) is 29.6 Å². The van der Waals surface area contributed by atoms with Crippen LogP contribution >= 0.6 is 0 Å². The molecule has 94 valence electrons. The highest BCUT2D eigenvalue weighted by Crippen LogP contribution is 2.22. The van der Waals surface area contributed by atoms with Crippen LogP contribution in [-0.4, -0.2) is 26.8 Å². The van der Waals surface area contributed by atoms with E-state index in [1.807, 2.05) is 6.07 Å². The van der Waals surface area contributed by atoms with Crippen LogP contribution in [0, 0.1) is 0 Å². The zero-order valence-corrected chi connectivity index (χ0v) is 11.0. The maximum absolute atomic E-state index is 11.6. The standard InChI is InChI=1S/C12H18N2O2S/c1-14(2)17(15,16)13-9-10-6-7-11-4-3-5-12(11)8-10/h6-8,13H,3-5,9H2,1-2H3. The van der Waals surface area contributed by atoms with Gasteiger partial charge in [0.05, 0.1) is 0 Å². The van der Waals surface area contributed by atoms with Crippen LogP contribution in [0.1, 0.15) is 23.1 Å². The number of rotatable bonds is 4. The van der Waals surface area contributed by atoms with Gasteiger partial charge in [-0.15, -0.1) is 0 Å². The van der Waals surface area contributed by atoms with Crippen molar-refractivity contribution in [3.63, 3.8) is 0 Å². The number of nitrogens with one attached hydrogen (secondary N) is 1. The Morgan fingerprint density at radius 3 is 2.65 bits per heavy atom. The van der Waals surface area contributed by atoms with Gasteiger partial charge in [0.15, 0.2) is 0 Å². The lowest BCUT2D eigenvalue weighted by molar-refractivity contribution is 0.505. The van der Waals surface area contributed by atoms with Gasteiger partial charge in [0, 0.05) is 20.6 Å². The van der Waals surface area contributed by atoms with Crippen molar-refractivity contribution in [3.8, 4) is 0 Å². The Labute approximate surface area is 103 Å². The first kappa shape index (κ1) is 12.5. The number of fused-ring (bicyclic) bond motifs is 1. The normalized spacial score (nSPS) is 15.2. The molecule has 1 aliphatic rings. The summed E-state index contributed by atoms with van der Waals surface area (Å²) in [5, 5.41) is 0. The summed E-state index contributed by atoms with van der Waals surface area (Å²) in [6.45, 7) is 0.355. The zero-order chi connectivity index (χ0) is 12.5. The van der Waals surface area contributed by atoms with Gasteiger partial charge in [-0.1, -0.05) is 18.2 Å². The van der Waals surface area contributed by atoms with Gasteiger partial charge < -0.3 is 0 Å². The minimum atomic E-state index is -3.33. The van der Waals surface area contributed by atoms with Gasteiger partial charge in [-0.2, -0.15) is 17.4 Å². The monoisotopic (exact) mass is 254 g/mol. The highest BCUT2D eigenvalue weighted by atomic mass is 32.2. The van der Waals surface area contributed by atoms with Crippen LogP contribution in [0.3, 0.4) is 0 Å². The van der Waals surface area contributed by atoms with Crippen molar-refractivity contribution in [1.29, 1.82) is 0 Å². The number of nitrogens with zero attached hydrogens (tertiary/aromatic N) is 1. The van der Waals surface area contributed by atoms with Crippen LogP contribution in [0.5, 0.6) is 0 Å². The van der Waals surface area contributed by atoms with E-state index in [0.717, 1.165) is 18.4 Å². The largest absolute Gasteiger partial charge is 0.279 e. The molecule has 0 aliphatic heterocycles. The molecule has 0 radical (unpaired) electrons. The smallest absolute Gasteiger partial charge is 0.198 e. The Hall–Kier alpha value is -0.910. The quantitative estimate of drug-likeness (QED) is 0.874. The van der Waals surface area contributed by atoms with E-state index in [2.05, 4.69) is 16.9 Å². The fraction of sp³-hybridized carbons (Fsp3) is 0.500. The Morgan fingerprint density at radius 1 is 1.24 bits per heavy atom. The average molecular weight is 254 g/mol. The van der Waals surface area contributed by atoms with Crippen molar-refractivity contribution < 1.29 is 8.42 Å². The molecule has 17 heavy (non-hydrogen) atoms. The van der Waals surface area contributed by atoms with Crippen LogP contribution in [0.2, 0.25) is 0 Å². The maximum atomic E-state index is 11.6. The van der Waals surface area contributed by atoms with Crippen LogP contribution in [0.15, 0.2) is 18.2 Å². The molecule has 1 aromatic rings. The first-order chi connectivity index (χ1) is 7.99. The molecule has 2 rings (SSSR count). The number of hydrogen-bond donors (Lipinski definition) is 1. The molecule has 1 N–H and O–H groups in total. The molecule has 0 spiro atoms. The van der Waals surface area contributed by atoms with Gasteiger partial charge in [0.2, 0.25) is 0 Å². The number of benzene rings is 1. The summed E-state index contributed by atoms with van der Waals surface area (Å²) in [6, 6.07) is 6.23. The Morgan fingerprint density at radius 2 is 1.94 bits per heavy atom. The number of hydrogen-bond acceptors (Lipinski definition) is 2. The highest BCUT2D eigenvalue weighted by Gasteiger charge is 2.14. The van der Waals surface area contributed by atoms with E-state index in [1.54, 1.807) is 0 Å². The molecule has 4 nitrogen and oxygen atoms in total. The minimum absolute atomic E-state index is 0.355. The first-order valence-corrected chi connectivity index (χ1v) is 7.21. The molecule has 1 aromatic carbocycles. The van der Waals surface area contributed by atoms with Crippen LogP contribution in [0.25, 0.3) is 0 Å². The van der Waals surface area contributed by atoms with Crippen molar-refractivity contribution in [3.05, 3.63) is 34.9 Å². The molecule has 0 saturated carbocycles. The van der Waals surface area contributed by atoms with Crippen molar-refractivity contribution >= 4 is 10.2 Å². The third kappa shape index (κ3) is 2.86. The van der Waals surface area contributed by atoms with E-state index in [0.29, 0.717) is 6.54 Å². The summed E-state index contributed by atoms with van der Waals surface area (Å²) in [5.41, 5.74) is 3.80. The molecule has 0 bridgehead atoms. The lowest BCUT2D eigenvalue weighted by Gasteiger charge is -2.12. The molecule has 5 heteroatoms. The Balaban J connectivity index is 2.06. The second kappa shape index (κ2) is 4.76. The van der Waals surface area contributed by atoms with Crippen molar-refractivity contribution in [2.75, 3.05) is 14.1 Å². The van der Waals surface area contributed by atoms with Gasteiger partial charge in [0.25, 0.3) is 10.2 Å². The molecule has 0 fully saturated rings. The molecule has 0 aromatic heterocycles. The fourth-order valence-corrected chi connectivity index (χ4v) is 2.65. The third-order valence-corrected chi connectivity index (χ3v) is 4.57. The van der Waals surface area contributed by atoms with E-state index in [9.17, 15) is 8.42 Å². The van der Waals surface area contributed by atoms with Crippen molar-refractivity contribution in [1.82, 2.24) is 9.03 Å². The topological polar surface area (TPSA) is 49.4 Å². The van der Waals surface area contributed by atoms with Gasteiger partial charge in [-0.05, 0) is 36.0 Å². The summed E-state index contributed by atoms with van der Waals surface area (Å²) in [4.78, 5) is 0. The highest BCUT2D eigenvalue weighted by molar-refractivity contribution is 7.87. The van der Waals surface area contributed by atoms with E-state index in [4.69, 9.17) is 0 Å². The molecule has 0 amide bonds. The van der Waals surface area contributed by atoms with E-state index in [-0.39, 0.29) is 0 Å². The molecule has 1 aliphatic carbocycles. The molecule has 0 heterocycles. The average Bonchev–Trinajstić information content (AvgIpc) is 2.73. The predicted octanol–water partition coefficient (Wildman–Crippen LogP) is 1.07.